The largest absolute Gasteiger partial charge is 0.508 e. The van der Waals surface area contributed by atoms with Crippen molar-refractivity contribution < 1.29 is 14.6 Å². The van der Waals surface area contributed by atoms with Gasteiger partial charge in [-0.1, -0.05) is 69.7 Å². The van der Waals surface area contributed by atoms with Crippen molar-refractivity contribution in [1.82, 2.24) is 0 Å². The van der Waals surface area contributed by atoms with Crippen molar-refractivity contribution in [3.63, 3.8) is 0 Å². The summed E-state index contributed by atoms with van der Waals surface area (Å²) in [5.74, 6) is 0.668. The van der Waals surface area contributed by atoms with Crippen LogP contribution in [0.15, 0.2) is 48.5 Å². The fourth-order valence-corrected chi connectivity index (χ4v) is 2.78. The molecule has 2 rings (SSSR count). The molecule has 3 heteroatoms. The molecular weight excluding hydrogens is 312 g/mol. The fraction of sp³-hybridized carbons (Fsp3) is 0.409. The minimum absolute atomic E-state index is 0.161. The highest BCUT2D eigenvalue weighted by Crippen LogP contribution is 2.24. The van der Waals surface area contributed by atoms with E-state index >= 15 is 0 Å². The summed E-state index contributed by atoms with van der Waals surface area (Å²) in [6.07, 6.45) is 8.81. The minimum Gasteiger partial charge on any atom is -0.508 e. The topological polar surface area (TPSA) is 46.5 Å². The van der Waals surface area contributed by atoms with Gasteiger partial charge in [0.2, 0.25) is 0 Å². The molecule has 0 heterocycles. The van der Waals surface area contributed by atoms with Crippen LogP contribution in [-0.4, -0.2) is 11.1 Å². The van der Waals surface area contributed by atoms with Gasteiger partial charge in [-0.25, -0.2) is 0 Å². The molecule has 25 heavy (non-hydrogen) atoms. The van der Waals surface area contributed by atoms with Crippen LogP contribution in [0, 0.1) is 0 Å². The molecule has 2 aromatic rings. The number of carbonyl (C=O) groups excluding carboxylic acids is 1. The smallest absolute Gasteiger partial charge is 0.311 e. The molecule has 0 fully saturated rings. The Balaban J connectivity index is 1.71. The lowest BCUT2D eigenvalue weighted by Gasteiger charge is -2.06. The number of hydrogen-bond donors (Lipinski definition) is 1. The zero-order chi connectivity index (χ0) is 17.9. The highest BCUT2D eigenvalue weighted by molar-refractivity contribution is 5.73. The summed E-state index contributed by atoms with van der Waals surface area (Å²) in [4.78, 5) is 11.9. The maximum absolute atomic E-state index is 11.9. The first-order valence-electron chi connectivity index (χ1n) is 9.29. The Kier molecular flexibility index (Phi) is 8.03. The number of hydrogen-bond acceptors (Lipinski definition) is 3. The molecule has 0 aliphatic carbocycles. The van der Waals surface area contributed by atoms with Gasteiger partial charge in [0.25, 0.3) is 0 Å². The number of rotatable bonds is 10. The minimum atomic E-state index is -0.161. The highest BCUT2D eigenvalue weighted by atomic mass is 16.5. The lowest BCUT2D eigenvalue weighted by molar-refractivity contribution is -0.134. The summed E-state index contributed by atoms with van der Waals surface area (Å²) in [6, 6.07) is 14.5. The van der Waals surface area contributed by atoms with Gasteiger partial charge in [-0.3, -0.25) is 4.79 Å². The average Bonchev–Trinajstić information content (AvgIpc) is 2.62. The molecule has 0 amide bonds. The maximum atomic E-state index is 11.9. The quantitative estimate of drug-likeness (QED) is 0.323. The molecule has 0 aliphatic heterocycles. The molecule has 0 spiro atoms. The van der Waals surface area contributed by atoms with Crippen LogP contribution >= 0.6 is 0 Å². The lowest BCUT2D eigenvalue weighted by Crippen LogP contribution is -2.07. The van der Waals surface area contributed by atoms with Gasteiger partial charge in [-0.15, -0.1) is 0 Å². The molecule has 0 radical (unpaired) electrons. The van der Waals surface area contributed by atoms with Crippen molar-refractivity contribution in [2.45, 2.75) is 58.3 Å². The van der Waals surface area contributed by atoms with E-state index in [1.165, 1.54) is 32.1 Å². The number of esters is 1. The predicted octanol–water partition coefficient (Wildman–Crippen LogP) is 6.11. The van der Waals surface area contributed by atoms with Gasteiger partial charge in [0.15, 0.2) is 0 Å². The SMILES string of the molecule is CCCCCCCCCC(=O)Oc1ccc(-c2ccc(O)cc2)cc1. The van der Waals surface area contributed by atoms with Crippen molar-refractivity contribution in [2.24, 2.45) is 0 Å². The lowest BCUT2D eigenvalue weighted by atomic mass is 10.1. The Hall–Kier alpha value is -2.29. The molecule has 3 nitrogen and oxygen atoms in total. The molecule has 1 N–H and O–H groups in total. The predicted molar refractivity (Wildman–Crippen MR) is 102 cm³/mol. The first kappa shape index (κ1) is 19.0. The summed E-state index contributed by atoms with van der Waals surface area (Å²) in [7, 11) is 0. The second-order valence-electron chi connectivity index (χ2n) is 6.42. The monoisotopic (exact) mass is 340 g/mol. The summed E-state index contributed by atoms with van der Waals surface area (Å²) >= 11 is 0. The van der Waals surface area contributed by atoms with Crippen LogP contribution in [0.1, 0.15) is 58.3 Å². The molecule has 0 atom stereocenters. The number of aromatic hydroxyl groups is 1. The van der Waals surface area contributed by atoms with E-state index in [-0.39, 0.29) is 11.7 Å². The summed E-state index contributed by atoms with van der Waals surface area (Å²) in [6.45, 7) is 2.22. The van der Waals surface area contributed by atoms with E-state index in [0.29, 0.717) is 12.2 Å². The summed E-state index contributed by atoms with van der Waals surface area (Å²) in [5, 5.41) is 9.33. The first-order chi connectivity index (χ1) is 12.2. The number of benzene rings is 2. The highest BCUT2D eigenvalue weighted by Gasteiger charge is 2.05. The van der Waals surface area contributed by atoms with Crippen molar-refractivity contribution in [1.29, 1.82) is 0 Å². The Bertz CT molecular complexity index is 629. The van der Waals surface area contributed by atoms with E-state index in [0.717, 1.165) is 24.0 Å². The number of ether oxygens (including phenoxy) is 1. The van der Waals surface area contributed by atoms with Crippen molar-refractivity contribution in [3.8, 4) is 22.6 Å². The third-order valence-corrected chi connectivity index (χ3v) is 4.27. The van der Waals surface area contributed by atoms with Crippen LogP contribution in [0.2, 0.25) is 0 Å². The van der Waals surface area contributed by atoms with Crippen molar-refractivity contribution >= 4 is 5.97 Å². The Labute approximate surface area is 150 Å². The fourth-order valence-electron chi connectivity index (χ4n) is 2.78. The van der Waals surface area contributed by atoms with Crippen LogP contribution in [0.4, 0.5) is 0 Å². The molecule has 0 saturated heterocycles. The Morgan fingerprint density at radius 3 is 1.92 bits per heavy atom. The van der Waals surface area contributed by atoms with Crippen LogP contribution < -0.4 is 4.74 Å². The zero-order valence-electron chi connectivity index (χ0n) is 15.0. The molecular formula is C22H28O3. The second kappa shape index (κ2) is 10.5. The van der Waals surface area contributed by atoms with Crippen LogP contribution in [-0.2, 0) is 4.79 Å². The molecule has 2 aromatic carbocycles. The van der Waals surface area contributed by atoms with Gasteiger partial charge in [0, 0.05) is 6.42 Å². The molecule has 0 aromatic heterocycles. The molecule has 0 unspecified atom stereocenters. The Morgan fingerprint density at radius 1 is 0.800 bits per heavy atom. The van der Waals surface area contributed by atoms with Crippen LogP contribution in [0.25, 0.3) is 11.1 Å². The third-order valence-electron chi connectivity index (χ3n) is 4.27. The van der Waals surface area contributed by atoms with E-state index in [1.807, 2.05) is 36.4 Å². The van der Waals surface area contributed by atoms with E-state index in [9.17, 15) is 9.90 Å². The zero-order valence-corrected chi connectivity index (χ0v) is 15.0. The number of phenols is 1. The molecule has 0 aliphatic rings. The number of carbonyl (C=O) groups is 1. The average molecular weight is 340 g/mol. The van der Waals surface area contributed by atoms with E-state index in [2.05, 4.69) is 6.92 Å². The third kappa shape index (κ3) is 7.00. The second-order valence-corrected chi connectivity index (χ2v) is 6.42. The van der Waals surface area contributed by atoms with Crippen molar-refractivity contribution in [3.05, 3.63) is 48.5 Å². The molecule has 134 valence electrons. The first-order valence-corrected chi connectivity index (χ1v) is 9.29. The van der Waals surface area contributed by atoms with E-state index in [1.54, 1.807) is 12.1 Å². The molecule has 0 bridgehead atoms. The van der Waals surface area contributed by atoms with Gasteiger partial charge in [-0.2, -0.15) is 0 Å². The normalized spacial score (nSPS) is 10.6. The number of phenolic OH excluding ortho intramolecular Hbond substituents is 1. The summed E-state index contributed by atoms with van der Waals surface area (Å²) in [5.41, 5.74) is 2.03. The Morgan fingerprint density at radius 2 is 1.32 bits per heavy atom. The molecule has 0 saturated carbocycles. The van der Waals surface area contributed by atoms with E-state index in [4.69, 9.17) is 4.74 Å². The van der Waals surface area contributed by atoms with Crippen molar-refractivity contribution in [2.75, 3.05) is 0 Å². The van der Waals surface area contributed by atoms with Gasteiger partial charge in [-0.05, 0) is 41.8 Å². The van der Waals surface area contributed by atoms with E-state index < -0.39 is 0 Å². The van der Waals surface area contributed by atoms with Crippen LogP contribution in [0.5, 0.6) is 11.5 Å². The maximum Gasteiger partial charge on any atom is 0.311 e. The standard InChI is InChI=1S/C22H28O3/c1-2-3-4-5-6-7-8-9-22(24)25-21-16-12-19(13-17-21)18-10-14-20(23)15-11-18/h10-17,23H,2-9H2,1H3. The number of unbranched alkanes of at least 4 members (excludes halogenated alkanes) is 6. The van der Waals surface area contributed by atoms with Crippen LogP contribution in [0.3, 0.4) is 0 Å². The van der Waals surface area contributed by atoms with Gasteiger partial charge in [0.05, 0.1) is 0 Å². The van der Waals surface area contributed by atoms with Gasteiger partial charge in [0.1, 0.15) is 11.5 Å². The van der Waals surface area contributed by atoms with Gasteiger partial charge >= 0.3 is 5.97 Å². The van der Waals surface area contributed by atoms with Gasteiger partial charge < -0.3 is 9.84 Å². The summed E-state index contributed by atoms with van der Waals surface area (Å²) < 4.78 is 5.39.